The second kappa shape index (κ2) is 7.03. The summed E-state index contributed by atoms with van der Waals surface area (Å²) >= 11 is 0. The van der Waals surface area contributed by atoms with E-state index in [1.807, 2.05) is 78.9 Å². The minimum absolute atomic E-state index is 0.669. The van der Waals surface area contributed by atoms with Crippen molar-refractivity contribution < 1.29 is 0 Å². The van der Waals surface area contributed by atoms with E-state index in [9.17, 15) is 0 Å². The van der Waals surface area contributed by atoms with E-state index in [2.05, 4.69) is 23.7 Å². The Hall–Kier alpha value is -3.42. The molecule has 0 saturated carbocycles. The molecule has 2 N–H and O–H groups in total. The van der Waals surface area contributed by atoms with Crippen LogP contribution in [0.4, 0.5) is 5.69 Å². The fourth-order valence-corrected chi connectivity index (χ4v) is 2.13. The number of rotatable bonds is 0. The van der Waals surface area contributed by atoms with E-state index < -0.39 is 0 Å². The van der Waals surface area contributed by atoms with Gasteiger partial charge in [0.15, 0.2) is 0 Å². The Bertz CT molecular complexity index is 842. The largest absolute Gasteiger partial charge is 0.399 e. The molecule has 0 aliphatic rings. The summed E-state index contributed by atoms with van der Waals surface area (Å²) < 4.78 is 0. The molecule has 0 spiro atoms. The molecular formula is C22H15N. The van der Waals surface area contributed by atoms with Gasteiger partial charge in [-0.2, -0.15) is 0 Å². The summed E-state index contributed by atoms with van der Waals surface area (Å²) in [6.45, 7) is 0. The third-order valence-corrected chi connectivity index (χ3v) is 3.21. The van der Waals surface area contributed by atoms with Crippen LogP contribution in [-0.2, 0) is 0 Å². The summed E-state index contributed by atoms with van der Waals surface area (Å²) in [4.78, 5) is 0. The van der Waals surface area contributed by atoms with Crippen LogP contribution >= 0.6 is 0 Å². The maximum absolute atomic E-state index is 5.96. The fourth-order valence-electron chi connectivity index (χ4n) is 2.13. The average Bonchev–Trinajstić information content (AvgIpc) is 2.60. The van der Waals surface area contributed by atoms with E-state index in [-0.39, 0.29) is 0 Å². The maximum atomic E-state index is 5.96. The van der Waals surface area contributed by atoms with Crippen LogP contribution in [0.2, 0.25) is 0 Å². The van der Waals surface area contributed by atoms with Gasteiger partial charge in [0.1, 0.15) is 0 Å². The monoisotopic (exact) mass is 293 g/mol. The topological polar surface area (TPSA) is 26.0 Å². The van der Waals surface area contributed by atoms with Gasteiger partial charge in [-0.15, -0.1) is 0 Å². The molecule has 0 atom stereocenters. The molecule has 1 heteroatoms. The molecule has 0 bridgehead atoms. The van der Waals surface area contributed by atoms with Crippen molar-refractivity contribution >= 4 is 5.69 Å². The van der Waals surface area contributed by atoms with E-state index in [1.54, 1.807) is 0 Å². The Kier molecular flexibility index (Phi) is 4.44. The molecule has 1 nitrogen and oxygen atoms in total. The van der Waals surface area contributed by atoms with Crippen molar-refractivity contribution in [2.45, 2.75) is 0 Å². The van der Waals surface area contributed by atoms with Crippen molar-refractivity contribution in [3.63, 3.8) is 0 Å². The van der Waals surface area contributed by atoms with Gasteiger partial charge in [0.05, 0.1) is 0 Å². The smallest absolute Gasteiger partial charge is 0.0339 e. The highest BCUT2D eigenvalue weighted by Gasteiger charge is 1.95. The third-order valence-electron chi connectivity index (χ3n) is 3.21. The average molecular weight is 293 g/mol. The highest BCUT2D eigenvalue weighted by Crippen LogP contribution is 2.11. The molecule has 3 aromatic carbocycles. The molecule has 0 aliphatic carbocycles. The van der Waals surface area contributed by atoms with Gasteiger partial charge >= 0.3 is 0 Å². The van der Waals surface area contributed by atoms with Crippen molar-refractivity contribution in [2.75, 3.05) is 5.73 Å². The molecule has 0 aliphatic heterocycles. The van der Waals surface area contributed by atoms with E-state index in [1.165, 1.54) is 0 Å². The SMILES string of the molecule is Nc1cc(C#Cc2ccccc2)cc(C#Cc2ccccc2)c1. The number of nitrogens with two attached hydrogens (primary N) is 1. The summed E-state index contributed by atoms with van der Waals surface area (Å²) in [5, 5.41) is 0. The van der Waals surface area contributed by atoms with Gasteiger partial charge < -0.3 is 5.73 Å². The number of benzene rings is 3. The van der Waals surface area contributed by atoms with Crippen molar-refractivity contribution in [1.29, 1.82) is 0 Å². The van der Waals surface area contributed by atoms with Crippen LogP contribution in [0.5, 0.6) is 0 Å². The maximum Gasteiger partial charge on any atom is 0.0339 e. The standard InChI is InChI=1S/C22H15N/c23-22-16-20(13-11-18-7-3-1-4-8-18)15-21(17-22)14-12-19-9-5-2-6-10-19/h1-10,15-17H,23H2. The van der Waals surface area contributed by atoms with Crippen molar-refractivity contribution in [3.05, 3.63) is 101 Å². The first-order valence-corrected chi connectivity index (χ1v) is 7.34. The van der Waals surface area contributed by atoms with Gasteiger partial charge in [0.2, 0.25) is 0 Å². The van der Waals surface area contributed by atoms with Crippen LogP contribution < -0.4 is 5.73 Å². The molecule has 0 aromatic heterocycles. The highest BCUT2D eigenvalue weighted by atomic mass is 14.5. The van der Waals surface area contributed by atoms with Gasteiger partial charge in [-0.1, -0.05) is 60.1 Å². The van der Waals surface area contributed by atoms with E-state index in [4.69, 9.17) is 5.73 Å². The zero-order chi connectivity index (χ0) is 15.9. The number of hydrogen-bond acceptors (Lipinski definition) is 1. The zero-order valence-electron chi connectivity index (χ0n) is 12.6. The Morgan fingerprint density at radius 1 is 0.478 bits per heavy atom. The van der Waals surface area contributed by atoms with Crippen LogP contribution in [0.3, 0.4) is 0 Å². The number of hydrogen-bond donors (Lipinski definition) is 1. The van der Waals surface area contributed by atoms with Crippen LogP contribution in [0.25, 0.3) is 0 Å². The second-order valence-corrected chi connectivity index (χ2v) is 5.08. The molecule has 0 unspecified atom stereocenters. The molecule has 0 saturated heterocycles. The van der Waals surface area contributed by atoms with Gasteiger partial charge in [-0.25, -0.2) is 0 Å². The molecule has 3 aromatic rings. The number of nitrogen functional groups attached to an aromatic ring is 1. The van der Waals surface area contributed by atoms with Crippen molar-refractivity contribution in [2.24, 2.45) is 0 Å². The molecule has 3 rings (SSSR count). The molecule has 0 radical (unpaired) electrons. The second-order valence-electron chi connectivity index (χ2n) is 5.08. The minimum Gasteiger partial charge on any atom is -0.399 e. The molecule has 23 heavy (non-hydrogen) atoms. The Morgan fingerprint density at radius 3 is 1.30 bits per heavy atom. The lowest BCUT2D eigenvalue weighted by Crippen LogP contribution is -1.88. The van der Waals surface area contributed by atoms with Crippen molar-refractivity contribution in [1.82, 2.24) is 0 Å². The van der Waals surface area contributed by atoms with Crippen LogP contribution in [0, 0.1) is 23.7 Å². The molecule has 0 heterocycles. The molecule has 0 amide bonds. The minimum atomic E-state index is 0.669. The lowest BCUT2D eigenvalue weighted by molar-refractivity contribution is 1.58. The lowest BCUT2D eigenvalue weighted by atomic mass is 10.1. The fraction of sp³-hybridized carbons (Fsp3) is 0. The van der Waals surface area contributed by atoms with Crippen molar-refractivity contribution in [3.8, 4) is 23.7 Å². The summed E-state index contributed by atoms with van der Waals surface area (Å²) in [5.41, 5.74) is 10.3. The summed E-state index contributed by atoms with van der Waals surface area (Å²) in [6, 6.07) is 25.5. The lowest BCUT2D eigenvalue weighted by Gasteiger charge is -1.97. The van der Waals surface area contributed by atoms with Gasteiger partial charge in [-0.3, -0.25) is 0 Å². The Balaban J connectivity index is 1.89. The highest BCUT2D eigenvalue weighted by molar-refractivity contribution is 5.56. The Labute approximate surface area is 136 Å². The predicted octanol–water partition coefficient (Wildman–Crippen LogP) is 4.07. The van der Waals surface area contributed by atoms with Crippen LogP contribution in [-0.4, -0.2) is 0 Å². The summed E-state index contributed by atoms with van der Waals surface area (Å²) in [6.07, 6.45) is 0. The Morgan fingerprint density at radius 2 is 0.870 bits per heavy atom. The molecule has 108 valence electrons. The van der Waals surface area contributed by atoms with E-state index in [0.29, 0.717) is 5.69 Å². The van der Waals surface area contributed by atoms with Crippen LogP contribution in [0.15, 0.2) is 78.9 Å². The zero-order valence-corrected chi connectivity index (χ0v) is 12.6. The van der Waals surface area contributed by atoms with Gasteiger partial charge in [-0.05, 0) is 42.5 Å². The number of anilines is 1. The van der Waals surface area contributed by atoms with E-state index in [0.717, 1.165) is 22.3 Å². The third kappa shape index (κ3) is 4.27. The first-order chi connectivity index (χ1) is 11.3. The quantitative estimate of drug-likeness (QED) is 0.491. The normalized spacial score (nSPS) is 9.22. The van der Waals surface area contributed by atoms with Gasteiger partial charge in [0.25, 0.3) is 0 Å². The predicted molar refractivity (Wildman–Crippen MR) is 95.7 cm³/mol. The van der Waals surface area contributed by atoms with E-state index >= 15 is 0 Å². The van der Waals surface area contributed by atoms with Gasteiger partial charge in [0, 0.05) is 27.9 Å². The summed E-state index contributed by atoms with van der Waals surface area (Å²) in [5.74, 6) is 12.6. The molecule has 0 fully saturated rings. The first kappa shape index (κ1) is 14.5. The molecular weight excluding hydrogens is 278 g/mol. The summed E-state index contributed by atoms with van der Waals surface area (Å²) in [7, 11) is 0. The first-order valence-electron chi connectivity index (χ1n) is 7.34. The van der Waals surface area contributed by atoms with Crippen LogP contribution in [0.1, 0.15) is 22.3 Å².